The first kappa shape index (κ1) is 23.7. The second-order valence-electron chi connectivity index (χ2n) is 9.67. The molecule has 4 rings (SSSR count). The van der Waals surface area contributed by atoms with Crippen LogP contribution in [0.5, 0.6) is 0 Å². The van der Waals surface area contributed by atoms with Gasteiger partial charge in [-0.3, -0.25) is 19.7 Å². The van der Waals surface area contributed by atoms with Crippen LogP contribution in [0.25, 0.3) is 0 Å². The molecule has 0 spiro atoms. The van der Waals surface area contributed by atoms with E-state index in [-0.39, 0.29) is 27.8 Å². The molecule has 0 saturated carbocycles. The highest BCUT2D eigenvalue weighted by molar-refractivity contribution is 6.32. The number of nitrogens with one attached hydrogen (secondary N) is 2. The van der Waals surface area contributed by atoms with Crippen molar-refractivity contribution < 1.29 is 14.5 Å². The number of nitro benzene ring substituents is 1. The predicted molar refractivity (Wildman–Crippen MR) is 132 cm³/mol. The van der Waals surface area contributed by atoms with E-state index in [1.807, 2.05) is 39.0 Å². The van der Waals surface area contributed by atoms with E-state index in [0.717, 1.165) is 11.3 Å². The number of benzene rings is 2. The monoisotopic (exact) mass is 479 g/mol. The summed E-state index contributed by atoms with van der Waals surface area (Å²) in [6.07, 6.45) is 0.954. The molecule has 2 aromatic rings. The normalized spacial score (nSPS) is 19.4. The average molecular weight is 480 g/mol. The minimum atomic E-state index is -0.750. The summed E-state index contributed by atoms with van der Waals surface area (Å²) in [4.78, 5) is 38.0. The Morgan fingerprint density at radius 1 is 1.18 bits per heavy atom. The molecule has 1 heterocycles. The summed E-state index contributed by atoms with van der Waals surface area (Å²) in [6, 6.07) is 11.9. The number of nitrogens with zero attached hydrogens (tertiary/aromatic N) is 1. The second kappa shape index (κ2) is 8.72. The lowest BCUT2D eigenvalue weighted by atomic mass is 9.68. The van der Waals surface area contributed by atoms with Crippen molar-refractivity contribution in [2.45, 2.75) is 46.5 Å². The lowest BCUT2D eigenvalue weighted by molar-refractivity contribution is -0.384. The summed E-state index contributed by atoms with van der Waals surface area (Å²) in [5.41, 5.74) is 3.74. The number of para-hydroxylation sites is 1. The van der Waals surface area contributed by atoms with Crippen LogP contribution in [0, 0.1) is 22.5 Å². The van der Waals surface area contributed by atoms with Gasteiger partial charge in [-0.2, -0.15) is 0 Å². The van der Waals surface area contributed by atoms with E-state index in [4.69, 9.17) is 11.6 Å². The Morgan fingerprint density at radius 2 is 1.88 bits per heavy atom. The van der Waals surface area contributed by atoms with Crippen LogP contribution in [-0.2, 0) is 9.59 Å². The summed E-state index contributed by atoms with van der Waals surface area (Å²) in [5.74, 6) is -1.19. The average Bonchev–Trinajstić information content (AvgIpc) is 2.73. The molecular formula is C26H26ClN3O4. The van der Waals surface area contributed by atoms with Gasteiger partial charge in [-0.05, 0) is 48.9 Å². The van der Waals surface area contributed by atoms with Gasteiger partial charge in [-0.25, -0.2) is 0 Å². The fraction of sp³-hybridized carbons (Fsp3) is 0.308. The highest BCUT2D eigenvalue weighted by Crippen LogP contribution is 2.47. The van der Waals surface area contributed by atoms with Gasteiger partial charge < -0.3 is 10.6 Å². The summed E-state index contributed by atoms with van der Waals surface area (Å²) < 4.78 is 0. The highest BCUT2D eigenvalue weighted by Gasteiger charge is 2.43. The van der Waals surface area contributed by atoms with Crippen LogP contribution < -0.4 is 10.6 Å². The third-order valence-electron chi connectivity index (χ3n) is 6.38. The lowest BCUT2D eigenvalue weighted by Crippen LogP contribution is -2.39. The Kier molecular flexibility index (Phi) is 6.08. The molecule has 2 aliphatic rings. The van der Waals surface area contributed by atoms with Gasteiger partial charge in [-0.1, -0.05) is 49.7 Å². The number of Topliss-reactive ketones (excluding diaryl/α,β-unsaturated/α-hetero) is 1. The molecule has 176 valence electrons. The van der Waals surface area contributed by atoms with Crippen LogP contribution in [-0.4, -0.2) is 16.6 Å². The SMILES string of the molecule is CC1=C(C(=O)Nc2ccccc2C)C(c2ccc(Cl)c([N+](=O)[O-])c2)C2=C(CC(C)(C)CC2=O)N1. The molecule has 1 atom stereocenters. The molecule has 8 heteroatoms. The van der Waals surface area contributed by atoms with Gasteiger partial charge in [0.25, 0.3) is 11.6 Å². The van der Waals surface area contributed by atoms with Gasteiger partial charge in [0.1, 0.15) is 5.02 Å². The van der Waals surface area contributed by atoms with Crippen molar-refractivity contribution in [1.82, 2.24) is 5.32 Å². The molecule has 2 N–H and O–H groups in total. The Hall–Kier alpha value is -3.45. The van der Waals surface area contributed by atoms with Crippen molar-refractivity contribution in [3.63, 3.8) is 0 Å². The lowest BCUT2D eigenvalue weighted by Gasteiger charge is -2.39. The Labute approximate surface area is 203 Å². The van der Waals surface area contributed by atoms with Gasteiger partial charge in [-0.15, -0.1) is 0 Å². The molecule has 1 aliphatic heterocycles. The molecule has 2 aromatic carbocycles. The van der Waals surface area contributed by atoms with Gasteiger partial charge in [0.2, 0.25) is 0 Å². The first-order chi connectivity index (χ1) is 16.0. The first-order valence-corrected chi connectivity index (χ1v) is 11.4. The number of ketones is 1. The predicted octanol–water partition coefficient (Wildman–Crippen LogP) is 5.80. The van der Waals surface area contributed by atoms with Crippen LogP contribution in [0.1, 0.15) is 50.7 Å². The zero-order valence-electron chi connectivity index (χ0n) is 19.5. The standard InChI is InChI=1S/C26H26ClN3O4/c1-14-7-5-6-8-18(14)29-25(32)22-15(2)28-19-12-26(3,4)13-21(31)24(19)23(22)16-9-10-17(27)20(11-16)30(33)34/h5-11,23,28H,12-13H2,1-4H3,(H,29,32). The van der Waals surface area contributed by atoms with Crippen molar-refractivity contribution in [2.24, 2.45) is 5.41 Å². The molecule has 0 saturated heterocycles. The number of hydrogen-bond donors (Lipinski definition) is 2. The highest BCUT2D eigenvalue weighted by atomic mass is 35.5. The van der Waals surface area contributed by atoms with E-state index < -0.39 is 10.8 Å². The molecule has 1 unspecified atom stereocenters. The van der Waals surface area contributed by atoms with Crippen LogP contribution >= 0.6 is 11.6 Å². The number of allylic oxidation sites excluding steroid dienone is 3. The largest absolute Gasteiger partial charge is 0.362 e. The topological polar surface area (TPSA) is 101 Å². The molecule has 0 fully saturated rings. The number of nitro groups is 1. The van der Waals surface area contributed by atoms with E-state index in [1.165, 1.54) is 12.1 Å². The van der Waals surface area contributed by atoms with Crippen LogP contribution in [0.2, 0.25) is 5.02 Å². The van der Waals surface area contributed by atoms with E-state index in [2.05, 4.69) is 10.6 Å². The number of carbonyl (C=O) groups excluding carboxylic acids is 2. The fourth-order valence-corrected chi connectivity index (χ4v) is 5.01. The molecular weight excluding hydrogens is 454 g/mol. The number of halogens is 1. The molecule has 34 heavy (non-hydrogen) atoms. The van der Waals surface area contributed by atoms with Gasteiger partial charge >= 0.3 is 0 Å². The third kappa shape index (κ3) is 4.35. The number of carbonyl (C=O) groups is 2. The Balaban J connectivity index is 1.87. The van der Waals surface area contributed by atoms with Crippen LogP contribution in [0.3, 0.4) is 0 Å². The maximum Gasteiger partial charge on any atom is 0.288 e. The third-order valence-corrected chi connectivity index (χ3v) is 6.70. The molecule has 0 bridgehead atoms. The quantitative estimate of drug-likeness (QED) is 0.426. The van der Waals surface area contributed by atoms with Crippen molar-refractivity contribution >= 4 is 34.7 Å². The van der Waals surface area contributed by atoms with E-state index in [0.29, 0.717) is 40.9 Å². The van der Waals surface area contributed by atoms with E-state index in [9.17, 15) is 19.7 Å². The van der Waals surface area contributed by atoms with Gasteiger partial charge in [0.15, 0.2) is 5.78 Å². The molecule has 1 aliphatic carbocycles. The smallest absolute Gasteiger partial charge is 0.288 e. The first-order valence-electron chi connectivity index (χ1n) is 11.0. The molecule has 7 nitrogen and oxygen atoms in total. The van der Waals surface area contributed by atoms with Crippen molar-refractivity contribution in [3.8, 4) is 0 Å². The minimum Gasteiger partial charge on any atom is -0.362 e. The fourth-order valence-electron chi connectivity index (χ4n) is 4.82. The zero-order chi connectivity index (χ0) is 24.8. The number of hydrogen-bond acceptors (Lipinski definition) is 5. The number of anilines is 1. The summed E-state index contributed by atoms with van der Waals surface area (Å²) >= 11 is 6.06. The molecule has 0 aromatic heterocycles. The molecule has 1 amide bonds. The van der Waals surface area contributed by atoms with Crippen molar-refractivity contribution in [1.29, 1.82) is 0 Å². The minimum absolute atomic E-state index is 0.000366. The van der Waals surface area contributed by atoms with Gasteiger partial charge in [0.05, 0.1) is 4.92 Å². The maximum atomic E-state index is 13.6. The number of aryl methyl sites for hydroxylation is 1. The number of rotatable bonds is 4. The Bertz CT molecular complexity index is 1290. The van der Waals surface area contributed by atoms with Crippen molar-refractivity contribution in [2.75, 3.05) is 5.32 Å². The second-order valence-corrected chi connectivity index (χ2v) is 10.1. The summed E-state index contributed by atoms with van der Waals surface area (Å²) in [5, 5.41) is 17.8. The molecule has 0 radical (unpaired) electrons. The number of amides is 1. The maximum absolute atomic E-state index is 13.6. The van der Waals surface area contributed by atoms with E-state index >= 15 is 0 Å². The summed E-state index contributed by atoms with van der Waals surface area (Å²) in [6.45, 7) is 7.74. The zero-order valence-corrected chi connectivity index (χ0v) is 20.2. The van der Waals surface area contributed by atoms with E-state index in [1.54, 1.807) is 19.1 Å². The van der Waals surface area contributed by atoms with Crippen molar-refractivity contribution in [3.05, 3.63) is 91.3 Å². The Morgan fingerprint density at radius 3 is 2.56 bits per heavy atom. The van der Waals surface area contributed by atoms with Crippen LogP contribution in [0.15, 0.2) is 65.0 Å². The van der Waals surface area contributed by atoms with Gasteiger partial charge in [0, 0.05) is 46.6 Å². The van der Waals surface area contributed by atoms with Crippen LogP contribution in [0.4, 0.5) is 11.4 Å². The number of dihydropyridines is 1. The summed E-state index contributed by atoms with van der Waals surface area (Å²) in [7, 11) is 0.